The number of carbonyl (C=O) groups excluding carboxylic acids is 1. The van der Waals surface area contributed by atoms with Crippen molar-refractivity contribution in [2.75, 3.05) is 5.32 Å². The molecule has 1 atom stereocenters. The van der Waals surface area contributed by atoms with Gasteiger partial charge < -0.3 is 10.1 Å². The van der Waals surface area contributed by atoms with Gasteiger partial charge in [0.2, 0.25) is 5.91 Å². The zero-order valence-electron chi connectivity index (χ0n) is 11.5. The van der Waals surface area contributed by atoms with E-state index in [4.69, 9.17) is 4.74 Å². The minimum Gasteiger partial charge on any atom is -0.363 e. The van der Waals surface area contributed by atoms with Gasteiger partial charge in [-0.25, -0.2) is 0 Å². The fourth-order valence-corrected chi connectivity index (χ4v) is 2.96. The average molecular weight is 247 g/mol. The van der Waals surface area contributed by atoms with Crippen LogP contribution in [-0.4, -0.2) is 5.91 Å². The first-order valence-corrected chi connectivity index (χ1v) is 6.63. The van der Waals surface area contributed by atoms with Crippen molar-refractivity contribution in [1.82, 2.24) is 0 Å². The molecule has 1 aromatic carbocycles. The van der Waals surface area contributed by atoms with E-state index >= 15 is 0 Å². The zero-order chi connectivity index (χ0) is 13.3. The summed E-state index contributed by atoms with van der Waals surface area (Å²) in [6, 6.07) is 6.06. The number of fused-ring (bicyclic) bond motifs is 1. The molecule has 1 unspecified atom stereocenters. The summed E-state index contributed by atoms with van der Waals surface area (Å²) in [6.45, 7) is 7.89. The molecule has 1 aliphatic rings. The van der Waals surface area contributed by atoms with Crippen LogP contribution in [0.2, 0.25) is 0 Å². The molecule has 0 saturated heterocycles. The van der Waals surface area contributed by atoms with Crippen LogP contribution >= 0.6 is 0 Å². The molecule has 1 aromatic rings. The number of carbonyl (C=O) groups is 1. The minimum atomic E-state index is -0.191. The predicted octanol–water partition coefficient (Wildman–Crippen LogP) is 3.75. The van der Waals surface area contributed by atoms with Gasteiger partial charge in [0.25, 0.3) is 0 Å². The Morgan fingerprint density at radius 3 is 2.61 bits per heavy atom. The fraction of sp³-hybridized carbons (Fsp3) is 0.533. The van der Waals surface area contributed by atoms with Crippen molar-refractivity contribution in [3.8, 4) is 0 Å². The summed E-state index contributed by atoms with van der Waals surface area (Å²) in [7, 11) is 0. The van der Waals surface area contributed by atoms with Crippen molar-refractivity contribution in [1.29, 1.82) is 0 Å². The Bertz CT molecular complexity index is 464. The molecule has 0 saturated carbocycles. The van der Waals surface area contributed by atoms with Gasteiger partial charge in [0.15, 0.2) is 0 Å². The number of ether oxygens (including phenoxy) is 1. The summed E-state index contributed by atoms with van der Waals surface area (Å²) in [5, 5.41) is 2.90. The highest BCUT2D eigenvalue weighted by Gasteiger charge is 2.41. The fourth-order valence-electron chi connectivity index (χ4n) is 2.96. The number of benzene rings is 1. The third-order valence-electron chi connectivity index (χ3n) is 3.86. The number of amides is 1. The summed E-state index contributed by atoms with van der Waals surface area (Å²) in [5.74, 6) is -0.0407. The number of rotatable bonds is 3. The Morgan fingerprint density at radius 2 is 2.06 bits per heavy atom. The molecule has 98 valence electrons. The van der Waals surface area contributed by atoms with E-state index in [0.717, 1.165) is 24.1 Å². The van der Waals surface area contributed by atoms with E-state index in [0.29, 0.717) is 0 Å². The summed E-state index contributed by atoms with van der Waals surface area (Å²) in [6.07, 6.45) is 1.93. The van der Waals surface area contributed by atoms with Crippen LogP contribution in [0.4, 0.5) is 5.69 Å². The van der Waals surface area contributed by atoms with Gasteiger partial charge in [-0.1, -0.05) is 26.0 Å². The zero-order valence-corrected chi connectivity index (χ0v) is 11.5. The van der Waals surface area contributed by atoms with Gasteiger partial charge in [-0.15, -0.1) is 0 Å². The maximum absolute atomic E-state index is 11.3. The van der Waals surface area contributed by atoms with Crippen LogP contribution in [0.15, 0.2) is 18.2 Å². The molecule has 1 N–H and O–H groups in total. The molecular formula is C15H21NO2. The van der Waals surface area contributed by atoms with Crippen LogP contribution in [0.3, 0.4) is 0 Å². The van der Waals surface area contributed by atoms with E-state index in [2.05, 4.69) is 32.2 Å². The summed E-state index contributed by atoms with van der Waals surface area (Å²) in [4.78, 5) is 11.3. The van der Waals surface area contributed by atoms with Crippen molar-refractivity contribution in [3.05, 3.63) is 29.3 Å². The van der Waals surface area contributed by atoms with Gasteiger partial charge in [0, 0.05) is 18.2 Å². The molecule has 2 rings (SSSR count). The van der Waals surface area contributed by atoms with Gasteiger partial charge in [-0.3, -0.25) is 4.79 Å². The number of anilines is 1. The summed E-state index contributed by atoms with van der Waals surface area (Å²) in [5.41, 5.74) is 3.06. The molecular weight excluding hydrogens is 226 g/mol. The van der Waals surface area contributed by atoms with Gasteiger partial charge in [0.1, 0.15) is 0 Å². The molecule has 0 aliphatic carbocycles. The van der Waals surface area contributed by atoms with Crippen molar-refractivity contribution >= 4 is 11.6 Å². The molecule has 18 heavy (non-hydrogen) atoms. The van der Waals surface area contributed by atoms with Crippen molar-refractivity contribution < 1.29 is 9.53 Å². The smallest absolute Gasteiger partial charge is 0.221 e. The lowest BCUT2D eigenvalue weighted by molar-refractivity contribution is -0.114. The summed E-state index contributed by atoms with van der Waals surface area (Å²) >= 11 is 0. The molecule has 1 amide bonds. The van der Waals surface area contributed by atoms with Gasteiger partial charge in [0.05, 0.1) is 11.7 Å². The monoisotopic (exact) mass is 247 g/mol. The maximum Gasteiger partial charge on any atom is 0.221 e. The van der Waals surface area contributed by atoms with Crippen LogP contribution in [0.25, 0.3) is 0 Å². The highest BCUT2D eigenvalue weighted by molar-refractivity contribution is 5.90. The molecule has 0 radical (unpaired) electrons. The molecule has 3 heteroatoms. The Morgan fingerprint density at radius 1 is 1.39 bits per heavy atom. The topological polar surface area (TPSA) is 38.3 Å². The lowest BCUT2D eigenvalue weighted by Crippen LogP contribution is -2.23. The molecule has 1 heterocycles. The third-order valence-corrected chi connectivity index (χ3v) is 3.86. The second kappa shape index (κ2) is 4.73. The van der Waals surface area contributed by atoms with Crippen LogP contribution in [0, 0.1) is 0 Å². The Labute approximate surface area is 109 Å². The lowest BCUT2D eigenvalue weighted by Gasteiger charge is -2.27. The quantitative estimate of drug-likeness (QED) is 0.883. The Hall–Kier alpha value is -1.35. The second-order valence-electron chi connectivity index (χ2n) is 4.91. The van der Waals surface area contributed by atoms with E-state index in [1.807, 2.05) is 12.1 Å². The Kier molecular flexibility index (Phi) is 3.44. The molecule has 0 spiro atoms. The van der Waals surface area contributed by atoms with Crippen molar-refractivity contribution in [2.24, 2.45) is 0 Å². The highest BCUT2D eigenvalue weighted by Crippen LogP contribution is 2.49. The highest BCUT2D eigenvalue weighted by atomic mass is 16.5. The summed E-state index contributed by atoms with van der Waals surface area (Å²) < 4.78 is 6.19. The molecule has 3 nitrogen and oxygen atoms in total. The van der Waals surface area contributed by atoms with Gasteiger partial charge in [-0.05, 0) is 31.4 Å². The second-order valence-corrected chi connectivity index (χ2v) is 4.91. The number of nitrogens with one attached hydrogen (secondary N) is 1. The van der Waals surface area contributed by atoms with E-state index < -0.39 is 0 Å². The van der Waals surface area contributed by atoms with Gasteiger partial charge >= 0.3 is 0 Å². The van der Waals surface area contributed by atoms with Gasteiger partial charge in [-0.2, -0.15) is 0 Å². The van der Waals surface area contributed by atoms with E-state index in [1.54, 1.807) is 0 Å². The van der Waals surface area contributed by atoms with Crippen LogP contribution in [-0.2, 0) is 15.1 Å². The maximum atomic E-state index is 11.3. The van der Waals surface area contributed by atoms with E-state index in [9.17, 15) is 4.79 Å². The SMILES string of the molecule is CCC1(CC)OC(C)c2c(NC(C)=O)cccc21. The number of hydrogen-bond donors (Lipinski definition) is 1. The molecule has 0 fully saturated rings. The standard InChI is InChI=1S/C15H21NO2/c1-5-15(6-2)12-8-7-9-13(16-11(4)17)14(12)10(3)18-15/h7-10H,5-6H2,1-4H3,(H,16,17). The first-order valence-electron chi connectivity index (χ1n) is 6.63. The lowest BCUT2D eigenvalue weighted by atomic mass is 9.86. The first-order chi connectivity index (χ1) is 8.54. The van der Waals surface area contributed by atoms with E-state index in [1.165, 1.54) is 12.5 Å². The van der Waals surface area contributed by atoms with Crippen LogP contribution < -0.4 is 5.32 Å². The third kappa shape index (κ3) is 1.93. The first kappa shape index (κ1) is 13.1. The largest absolute Gasteiger partial charge is 0.363 e. The Balaban J connectivity index is 2.53. The molecule has 0 bridgehead atoms. The minimum absolute atomic E-state index is 0.0305. The normalized spacial score (nSPS) is 20.6. The van der Waals surface area contributed by atoms with Crippen molar-refractivity contribution in [2.45, 2.75) is 52.2 Å². The predicted molar refractivity (Wildman–Crippen MR) is 72.5 cm³/mol. The van der Waals surface area contributed by atoms with Crippen LogP contribution in [0.1, 0.15) is 57.8 Å². The molecule has 0 aromatic heterocycles. The van der Waals surface area contributed by atoms with Crippen molar-refractivity contribution in [3.63, 3.8) is 0 Å². The number of hydrogen-bond acceptors (Lipinski definition) is 2. The van der Waals surface area contributed by atoms with Crippen LogP contribution in [0.5, 0.6) is 0 Å². The van der Waals surface area contributed by atoms with E-state index in [-0.39, 0.29) is 17.6 Å². The average Bonchev–Trinajstić information content (AvgIpc) is 2.63. The molecule has 1 aliphatic heterocycles.